The maximum absolute atomic E-state index is 5.66. The second-order valence-corrected chi connectivity index (χ2v) is 9.71. The van der Waals surface area contributed by atoms with Gasteiger partial charge in [0.05, 0.1) is 0 Å². The van der Waals surface area contributed by atoms with E-state index in [1.165, 1.54) is 28.8 Å². The molecule has 0 saturated carbocycles. The van der Waals surface area contributed by atoms with Crippen LogP contribution in [0.2, 0.25) is 4.44 Å². The Morgan fingerprint density at radius 3 is 2.75 bits per heavy atom. The second-order valence-electron chi connectivity index (χ2n) is 3.11. The standard InChI is InChI=1S/C6H14N.C3H7S.Sn/c1-3-4-5-6(2)7;1-3-4-2;/h6H,1,3-5,7H2,2H3;2-3H2,1H3;/q;;+2. The van der Waals surface area contributed by atoms with E-state index < -0.39 is 0 Å². The van der Waals surface area contributed by atoms with E-state index in [4.69, 9.17) is 5.73 Å². The molecule has 0 aromatic rings. The summed E-state index contributed by atoms with van der Waals surface area (Å²) >= 11 is 2.15. The SMILES string of the molecule is CCS[CH2][Sn+2][CH2]CCCC(C)N. The molecule has 0 heterocycles. The molecule has 0 aliphatic rings. The van der Waals surface area contributed by atoms with Crippen LogP contribution >= 0.6 is 11.8 Å². The van der Waals surface area contributed by atoms with Gasteiger partial charge >= 0.3 is 91.7 Å². The van der Waals surface area contributed by atoms with Gasteiger partial charge in [-0.1, -0.05) is 0 Å². The fourth-order valence-corrected chi connectivity index (χ4v) is 7.10. The zero-order valence-electron chi connectivity index (χ0n) is 8.31. The molecule has 1 unspecified atom stereocenters. The summed E-state index contributed by atoms with van der Waals surface area (Å²) in [4.78, 5) is 0. The normalized spacial score (nSPS) is 12.6. The summed E-state index contributed by atoms with van der Waals surface area (Å²) in [5.41, 5.74) is 5.66. The van der Waals surface area contributed by atoms with Crippen LogP contribution in [0.25, 0.3) is 0 Å². The average molecular weight is 294 g/mol. The Bertz CT molecular complexity index is 88.6. The van der Waals surface area contributed by atoms with Gasteiger partial charge in [0.25, 0.3) is 0 Å². The van der Waals surface area contributed by atoms with Gasteiger partial charge < -0.3 is 0 Å². The molecule has 0 bridgehead atoms. The number of thioether (sulfide) groups is 1. The van der Waals surface area contributed by atoms with Gasteiger partial charge in [-0.15, -0.1) is 0 Å². The summed E-state index contributed by atoms with van der Waals surface area (Å²) in [7, 11) is 0. The Labute approximate surface area is 91.5 Å². The first-order chi connectivity index (χ1) is 5.77. The van der Waals surface area contributed by atoms with Gasteiger partial charge in [-0.2, -0.15) is 0 Å². The predicted molar refractivity (Wildman–Crippen MR) is 61.1 cm³/mol. The van der Waals surface area contributed by atoms with Crippen molar-refractivity contribution >= 4 is 32.9 Å². The van der Waals surface area contributed by atoms with Crippen LogP contribution in [0.4, 0.5) is 0 Å². The Kier molecular flexibility index (Phi) is 11.1. The van der Waals surface area contributed by atoms with E-state index in [-0.39, 0.29) is 21.1 Å². The van der Waals surface area contributed by atoms with Gasteiger partial charge in [-0.25, -0.2) is 0 Å². The van der Waals surface area contributed by atoms with Gasteiger partial charge in [0.15, 0.2) is 0 Å². The topological polar surface area (TPSA) is 26.0 Å². The zero-order chi connectivity index (χ0) is 9.23. The van der Waals surface area contributed by atoms with Crippen molar-refractivity contribution in [3.63, 3.8) is 0 Å². The molecule has 0 spiro atoms. The predicted octanol–water partition coefficient (Wildman–Crippen LogP) is 2.34. The van der Waals surface area contributed by atoms with Crippen LogP contribution in [0.5, 0.6) is 0 Å². The van der Waals surface area contributed by atoms with Gasteiger partial charge in [-0.3, -0.25) is 0 Å². The molecule has 0 aliphatic heterocycles. The summed E-state index contributed by atoms with van der Waals surface area (Å²) < 4.78 is 3.07. The molecule has 70 valence electrons. The number of nitrogens with two attached hydrogens (primary N) is 1. The van der Waals surface area contributed by atoms with Crippen molar-refractivity contribution in [2.75, 3.05) is 9.52 Å². The molecule has 0 aromatic carbocycles. The molecule has 2 N–H and O–H groups in total. The van der Waals surface area contributed by atoms with E-state index in [9.17, 15) is 0 Å². The van der Waals surface area contributed by atoms with E-state index in [0.717, 1.165) is 0 Å². The van der Waals surface area contributed by atoms with Crippen molar-refractivity contribution in [3.8, 4) is 0 Å². The summed E-state index contributed by atoms with van der Waals surface area (Å²) in [6.07, 6.45) is 4.02. The quantitative estimate of drug-likeness (QED) is 0.549. The summed E-state index contributed by atoms with van der Waals surface area (Å²) in [5, 5.41) is 0. The van der Waals surface area contributed by atoms with Crippen molar-refractivity contribution in [3.05, 3.63) is 0 Å². The zero-order valence-corrected chi connectivity index (χ0v) is 12.0. The van der Waals surface area contributed by atoms with Crippen LogP contribution in [0.15, 0.2) is 0 Å². The number of rotatable bonds is 8. The van der Waals surface area contributed by atoms with Crippen LogP contribution in [0.1, 0.15) is 33.1 Å². The minimum absolute atomic E-state index is 0.0292. The van der Waals surface area contributed by atoms with Crippen molar-refractivity contribution in [1.82, 2.24) is 0 Å². The first-order valence-electron chi connectivity index (χ1n) is 4.81. The van der Waals surface area contributed by atoms with Gasteiger partial charge in [-0.05, 0) is 0 Å². The molecule has 0 amide bonds. The Hall–Kier alpha value is 1.11. The average Bonchev–Trinajstić information content (AvgIpc) is 2.02. The molecule has 1 nitrogen and oxygen atoms in total. The van der Waals surface area contributed by atoms with Gasteiger partial charge in [0, 0.05) is 0 Å². The first kappa shape index (κ1) is 13.1. The molecule has 0 aliphatic carbocycles. The Morgan fingerprint density at radius 2 is 2.17 bits per heavy atom. The third-order valence-electron chi connectivity index (χ3n) is 1.67. The van der Waals surface area contributed by atoms with E-state index in [1.54, 1.807) is 4.44 Å². The van der Waals surface area contributed by atoms with Crippen LogP contribution < -0.4 is 5.73 Å². The molecule has 3 heteroatoms. The monoisotopic (exact) mass is 295 g/mol. The van der Waals surface area contributed by atoms with Crippen LogP contribution in [-0.2, 0) is 0 Å². The molecule has 0 saturated heterocycles. The second kappa shape index (κ2) is 10.2. The molecular formula is C9H21NSSn+2. The van der Waals surface area contributed by atoms with Crippen LogP contribution in [0, 0.1) is 0 Å². The van der Waals surface area contributed by atoms with Crippen molar-refractivity contribution in [1.29, 1.82) is 0 Å². The van der Waals surface area contributed by atoms with E-state index >= 15 is 0 Å². The Morgan fingerprint density at radius 1 is 1.42 bits per heavy atom. The molecule has 0 fully saturated rings. The molecular weight excluding hydrogens is 273 g/mol. The van der Waals surface area contributed by atoms with Crippen molar-refractivity contribution in [2.24, 2.45) is 5.73 Å². The first-order valence-corrected chi connectivity index (χ1v) is 10.0. The number of hydrogen-bond donors (Lipinski definition) is 1. The van der Waals surface area contributed by atoms with E-state index in [0.29, 0.717) is 6.04 Å². The molecule has 1 atom stereocenters. The van der Waals surface area contributed by atoms with Gasteiger partial charge in [0.1, 0.15) is 0 Å². The number of unbranched alkanes of at least 4 members (excludes halogenated alkanes) is 1. The van der Waals surface area contributed by atoms with Crippen molar-refractivity contribution in [2.45, 2.75) is 43.6 Å². The molecule has 0 rings (SSSR count). The van der Waals surface area contributed by atoms with Crippen LogP contribution in [-0.4, -0.2) is 36.7 Å². The summed E-state index contributed by atoms with van der Waals surface area (Å²) in [5.74, 6) is 1.31. The third kappa shape index (κ3) is 11.1. The van der Waals surface area contributed by atoms with E-state index in [1.807, 2.05) is 0 Å². The maximum atomic E-state index is 5.66. The molecule has 0 aromatic heterocycles. The fourth-order valence-electron chi connectivity index (χ4n) is 0.963. The van der Waals surface area contributed by atoms with Crippen molar-refractivity contribution < 1.29 is 0 Å². The van der Waals surface area contributed by atoms with Crippen LogP contribution in [0.3, 0.4) is 0 Å². The fraction of sp³-hybridized carbons (Fsp3) is 1.00. The van der Waals surface area contributed by atoms with E-state index in [2.05, 4.69) is 25.6 Å². The molecule has 0 radical (unpaired) electrons. The number of hydrogen-bond acceptors (Lipinski definition) is 2. The Balaban J connectivity index is 2.82. The molecule has 12 heavy (non-hydrogen) atoms. The third-order valence-corrected chi connectivity index (χ3v) is 8.00. The minimum atomic E-state index is 0.0292. The summed E-state index contributed by atoms with van der Waals surface area (Å²) in [6, 6.07) is 0.417. The summed E-state index contributed by atoms with van der Waals surface area (Å²) in [6.45, 7) is 4.35. The van der Waals surface area contributed by atoms with Gasteiger partial charge in [0.2, 0.25) is 0 Å².